The summed E-state index contributed by atoms with van der Waals surface area (Å²) in [5.74, 6) is 0.393. The molecule has 0 radical (unpaired) electrons. The van der Waals surface area contributed by atoms with Crippen LogP contribution in [0.3, 0.4) is 0 Å². The molecular weight excluding hydrogens is 354 g/mol. The number of carbonyl (C=O) groups is 1. The lowest BCUT2D eigenvalue weighted by Gasteiger charge is -2.19. The Balaban J connectivity index is 1.67. The van der Waals surface area contributed by atoms with Gasteiger partial charge in [0.15, 0.2) is 0 Å². The fraction of sp³-hybridized carbons (Fsp3) is 0.364. The zero-order valence-electron chi connectivity index (χ0n) is 16.9. The van der Waals surface area contributed by atoms with E-state index in [0.29, 0.717) is 19.0 Å². The van der Waals surface area contributed by atoms with Gasteiger partial charge in [-0.2, -0.15) is 0 Å². The molecule has 1 N–H and O–H groups in total. The Morgan fingerprint density at radius 1 is 1.18 bits per heavy atom. The van der Waals surface area contributed by atoms with Gasteiger partial charge in [0.1, 0.15) is 12.1 Å². The number of carbonyl (C=O) groups excluding carboxylic acids is 1. The Kier molecular flexibility index (Phi) is 5.87. The molecule has 28 heavy (non-hydrogen) atoms. The van der Waals surface area contributed by atoms with E-state index in [2.05, 4.69) is 16.4 Å². The molecule has 0 unspecified atom stereocenters. The quantitative estimate of drug-likeness (QED) is 0.615. The summed E-state index contributed by atoms with van der Waals surface area (Å²) in [6.45, 7) is 8.95. The fourth-order valence-corrected chi connectivity index (χ4v) is 2.94. The van der Waals surface area contributed by atoms with Crippen molar-refractivity contribution in [1.29, 1.82) is 0 Å². The van der Waals surface area contributed by atoms with Crippen LogP contribution in [-0.4, -0.2) is 27.7 Å². The highest BCUT2D eigenvalue weighted by atomic mass is 16.6. The lowest BCUT2D eigenvalue weighted by Crippen LogP contribution is -2.26. The highest BCUT2D eigenvalue weighted by molar-refractivity contribution is 5.85. The Labute approximate surface area is 165 Å². The predicted molar refractivity (Wildman–Crippen MR) is 111 cm³/mol. The highest BCUT2D eigenvalue weighted by Gasteiger charge is 2.17. The molecule has 3 rings (SSSR count). The molecule has 2 aromatic heterocycles. The van der Waals surface area contributed by atoms with Crippen molar-refractivity contribution >= 4 is 22.6 Å². The maximum Gasteiger partial charge on any atom is 0.326 e. The molecule has 0 aliphatic rings. The number of nitrogens with one attached hydrogen (secondary N) is 1. The van der Waals surface area contributed by atoms with Gasteiger partial charge < -0.3 is 19.4 Å². The largest absolute Gasteiger partial charge is 0.478 e. The monoisotopic (exact) mass is 381 g/mol. The summed E-state index contributed by atoms with van der Waals surface area (Å²) in [5, 5.41) is 4.44. The summed E-state index contributed by atoms with van der Waals surface area (Å²) >= 11 is 0. The Morgan fingerprint density at radius 3 is 2.75 bits per heavy atom. The smallest absolute Gasteiger partial charge is 0.326 e. The van der Waals surface area contributed by atoms with Crippen molar-refractivity contribution < 1.29 is 14.3 Å². The molecule has 0 saturated carbocycles. The van der Waals surface area contributed by atoms with Crippen molar-refractivity contribution in [3.8, 4) is 5.88 Å². The second-order valence-corrected chi connectivity index (χ2v) is 7.56. The first-order chi connectivity index (χ1) is 13.3. The van der Waals surface area contributed by atoms with Crippen molar-refractivity contribution in [2.75, 3.05) is 11.9 Å². The van der Waals surface area contributed by atoms with Crippen LogP contribution in [0.1, 0.15) is 33.4 Å². The number of ether oxygens (including phenoxy) is 2. The average Bonchev–Trinajstić information content (AvgIpc) is 3.01. The second kappa shape index (κ2) is 8.33. The molecule has 148 valence electrons. The molecule has 6 nitrogen and oxygen atoms in total. The van der Waals surface area contributed by atoms with Gasteiger partial charge in [0.25, 0.3) is 0 Å². The molecule has 0 aliphatic heterocycles. The maximum atomic E-state index is 12.1. The zero-order chi connectivity index (χ0) is 20.1. The van der Waals surface area contributed by atoms with Crippen molar-refractivity contribution in [3.63, 3.8) is 0 Å². The minimum Gasteiger partial charge on any atom is -0.478 e. The molecule has 0 spiro atoms. The lowest BCUT2D eigenvalue weighted by atomic mass is 10.2. The second-order valence-electron chi connectivity index (χ2n) is 7.56. The summed E-state index contributed by atoms with van der Waals surface area (Å²) in [7, 11) is 0. The van der Waals surface area contributed by atoms with Crippen LogP contribution in [0.2, 0.25) is 0 Å². The number of fused-ring (bicyclic) bond motifs is 1. The van der Waals surface area contributed by atoms with Crippen LogP contribution in [0.25, 0.3) is 10.9 Å². The van der Waals surface area contributed by atoms with E-state index in [1.54, 1.807) is 0 Å². The summed E-state index contributed by atoms with van der Waals surface area (Å²) in [4.78, 5) is 16.6. The molecule has 0 fully saturated rings. The number of nitrogens with zero attached hydrogens (tertiary/aromatic N) is 2. The van der Waals surface area contributed by atoms with Crippen LogP contribution in [0.15, 0.2) is 48.7 Å². The molecule has 0 atom stereocenters. The SMILES string of the molecule is CCOc1cccc(CNc2ccc3c(ccn3CC(=O)OC(C)(C)C)c2)n1. The minimum absolute atomic E-state index is 0.196. The van der Waals surface area contributed by atoms with Gasteiger partial charge in [-0.05, 0) is 58.0 Å². The number of anilines is 1. The van der Waals surface area contributed by atoms with Gasteiger partial charge in [0, 0.05) is 28.9 Å². The van der Waals surface area contributed by atoms with Gasteiger partial charge in [0.2, 0.25) is 5.88 Å². The van der Waals surface area contributed by atoms with Gasteiger partial charge in [-0.25, -0.2) is 4.98 Å². The van der Waals surface area contributed by atoms with Crippen LogP contribution in [-0.2, 0) is 22.6 Å². The molecule has 3 aromatic rings. The van der Waals surface area contributed by atoms with Crippen molar-refractivity contribution in [2.24, 2.45) is 0 Å². The first kappa shape index (κ1) is 19.7. The lowest BCUT2D eigenvalue weighted by molar-refractivity contribution is -0.155. The standard InChI is InChI=1S/C22H27N3O3/c1-5-27-20-8-6-7-18(24-20)14-23-17-9-10-19-16(13-17)11-12-25(19)15-21(26)28-22(2,3)4/h6-13,23H,5,14-15H2,1-4H3. The zero-order valence-corrected chi connectivity index (χ0v) is 16.9. The highest BCUT2D eigenvalue weighted by Crippen LogP contribution is 2.22. The van der Waals surface area contributed by atoms with E-state index in [1.165, 1.54) is 0 Å². The van der Waals surface area contributed by atoms with Gasteiger partial charge >= 0.3 is 5.97 Å². The molecule has 0 saturated heterocycles. The molecule has 0 aliphatic carbocycles. The first-order valence-electron chi connectivity index (χ1n) is 9.47. The third kappa shape index (κ3) is 5.25. The average molecular weight is 381 g/mol. The van der Waals surface area contributed by atoms with Crippen LogP contribution in [0.4, 0.5) is 5.69 Å². The van der Waals surface area contributed by atoms with Crippen molar-refractivity contribution in [1.82, 2.24) is 9.55 Å². The summed E-state index contributed by atoms with van der Waals surface area (Å²) in [6.07, 6.45) is 1.91. The van der Waals surface area contributed by atoms with E-state index in [9.17, 15) is 4.79 Å². The predicted octanol–water partition coefficient (Wildman–Crippen LogP) is 4.39. The molecule has 0 amide bonds. The van der Waals surface area contributed by atoms with Crippen molar-refractivity contribution in [3.05, 3.63) is 54.4 Å². The Morgan fingerprint density at radius 2 is 2.00 bits per heavy atom. The van der Waals surface area contributed by atoms with E-state index < -0.39 is 5.60 Å². The molecule has 2 heterocycles. The number of benzene rings is 1. The van der Waals surface area contributed by atoms with Gasteiger partial charge in [0.05, 0.1) is 18.8 Å². The fourth-order valence-electron chi connectivity index (χ4n) is 2.94. The van der Waals surface area contributed by atoms with Gasteiger partial charge in [-0.1, -0.05) is 6.07 Å². The first-order valence-corrected chi connectivity index (χ1v) is 9.47. The third-order valence-corrected chi connectivity index (χ3v) is 4.04. The number of esters is 1. The summed E-state index contributed by atoms with van der Waals surface area (Å²) in [6, 6.07) is 13.8. The van der Waals surface area contributed by atoms with Crippen LogP contribution in [0.5, 0.6) is 5.88 Å². The molecular formula is C22H27N3O3. The number of rotatable bonds is 7. The van der Waals surface area contributed by atoms with Crippen LogP contribution < -0.4 is 10.1 Å². The number of pyridine rings is 1. The third-order valence-electron chi connectivity index (χ3n) is 4.04. The maximum absolute atomic E-state index is 12.1. The van der Waals surface area contributed by atoms with E-state index >= 15 is 0 Å². The van der Waals surface area contributed by atoms with E-state index in [-0.39, 0.29) is 12.5 Å². The molecule has 6 heteroatoms. The van der Waals surface area contributed by atoms with Gasteiger partial charge in [-0.3, -0.25) is 4.79 Å². The Hall–Kier alpha value is -3.02. The van der Waals surface area contributed by atoms with E-state index in [4.69, 9.17) is 9.47 Å². The van der Waals surface area contributed by atoms with E-state index in [1.807, 2.05) is 74.9 Å². The topological polar surface area (TPSA) is 65.4 Å². The number of aromatic nitrogens is 2. The normalized spacial score (nSPS) is 11.4. The minimum atomic E-state index is -0.482. The number of hydrogen-bond acceptors (Lipinski definition) is 5. The van der Waals surface area contributed by atoms with E-state index in [0.717, 1.165) is 22.3 Å². The van der Waals surface area contributed by atoms with Crippen LogP contribution >= 0.6 is 0 Å². The Bertz CT molecular complexity index is 957. The van der Waals surface area contributed by atoms with Gasteiger partial charge in [-0.15, -0.1) is 0 Å². The molecule has 1 aromatic carbocycles. The summed E-state index contributed by atoms with van der Waals surface area (Å²) in [5.41, 5.74) is 2.41. The molecule has 0 bridgehead atoms. The van der Waals surface area contributed by atoms with Crippen molar-refractivity contribution in [2.45, 2.75) is 46.4 Å². The summed E-state index contributed by atoms with van der Waals surface area (Å²) < 4.78 is 12.8. The number of hydrogen-bond donors (Lipinski definition) is 1. The van der Waals surface area contributed by atoms with Crippen LogP contribution in [0, 0.1) is 0 Å².